The Balaban J connectivity index is 2.05. The van der Waals surface area contributed by atoms with E-state index in [0.29, 0.717) is 32.4 Å². The number of benzene rings is 1. The Bertz CT molecular complexity index is 942. The number of unbranched alkanes of at least 4 members (excludes halogenated alkanes) is 2. The Morgan fingerprint density at radius 2 is 1.41 bits per heavy atom. The highest BCUT2D eigenvalue weighted by molar-refractivity contribution is 5.96. The molecule has 1 atom stereocenters. The van der Waals surface area contributed by atoms with Gasteiger partial charge in [0, 0.05) is 19.6 Å². The van der Waals surface area contributed by atoms with E-state index >= 15 is 0 Å². The number of para-hydroxylation sites is 1. The third kappa shape index (κ3) is 17.9. The molecule has 214 valence electrons. The molecule has 5 nitrogen and oxygen atoms in total. The summed E-state index contributed by atoms with van der Waals surface area (Å²) in [7, 11) is 0. The van der Waals surface area contributed by atoms with Crippen LogP contribution in [-0.2, 0) is 9.53 Å². The summed E-state index contributed by atoms with van der Waals surface area (Å²) >= 11 is 0. The van der Waals surface area contributed by atoms with Crippen LogP contribution < -0.4 is 5.32 Å². The second-order valence-corrected chi connectivity index (χ2v) is 9.31. The lowest BCUT2D eigenvalue weighted by Crippen LogP contribution is -2.27. The average molecular weight is 536 g/mol. The number of phenolic OH excluding ortho intramolecular Hbond substituents is 1. The van der Waals surface area contributed by atoms with Crippen LogP contribution in [0.2, 0.25) is 0 Å². The van der Waals surface area contributed by atoms with Gasteiger partial charge in [-0.3, -0.25) is 9.59 Å². The maximum atomic E-state index is 12.5. The summed E-state index contributed by atoms with van der Waals surface area (Å²) in [6.07, 6.45) is 31.2. The molecule has 1 aromatic carbocycles. The van der Waals surface area contributed by atoms with Crippen molar-refractivity contribution in [2.24, 2.45) is 0 Å². The second kappa shape index (κ2) is 23.9. The Kier molecular flexibility index (Phi) is 20.7. The average Bonchev–Trinajstić information content (AvgIpc) is 2.94. The SMILES string of the molecule is CC/C=C\C/C=C\C/C=C\C/C=C\C/C=C\CCCCO[C@H](CC)C(=O)CCCNC(=O)c1ccccc1O. The summed E-state index contributed by atoms with van der Waals surface area (Å²) in [5.74, 6) is -0.310. The summed E-state index contributed by atoms with van der Waals surface area (Å²) in [5.41, 5.74) is 0.239. The van der Waals surface area contributed by atoms with Crippen molar-refractivity contribution >= 4 is 11.7 Å². The highest BCUT2D eigenvalue weighted by Gasteiger charge is 2.16. The quantitative estimate of drug-likeness (QED) is 0.116. The van der Waals surface area contributed by atoms with Gasteiger partial charge in [-0.2, -0.15) is 0 Å². The summed E-state index contributed by atoms with van der Waals surface area (Å²) in [4.78, 5) is 24.6. The van der Waals surface area contributed by atoms with Gasteiger partial charge >= 0.3 is 0 Å². The van der Waals surface area contributed by atoms with Gasteiger partial charge in [-0.25, -0.2) is 0 Å². The van der Waals surface area contributed by atoms with Gasteiger partial charge < -0.3 is 15.2 Å². The number of ether oxygens (including phenoxy) is 1. The van der Waals surface area contributed by atoms with E-state index in [1.54, 1.807) is 18.2 Å². The molecule has 0 aliphatic carbocycles. The third-order valence-corrected chi connectivity index (χ3v) is 6.01. The maximum absolute atomic E-state index is 12.5. The molecule has 0 radical (unpaired) electrons. The number of amides is 1. The van der Waals surface area contributed by atoms with Crippen LogP contribution >= 0.6 is 0 Å². The van der Waals surface area contributed by atoms with Crippen LogP contribution in [0, 0.1) is 0 Å². The number of carbonyl (C=O) groups excluding carboxylic acids is 2. The molecule has 1 aromatic rings. The fourth-order valence-electron chi connectivity index (χ4n) is 3.78. The number of Topliss-reactive ketones (excluding diaryl/α,β-unsaturated/α-hetero) is 1. The molecule has 0 saturated heterocycles. The molecule has 0 aliphatic heterocycles. The van der Waals surface area contributed by atoms with Crippen LogP contribution in [-0.4, -0.2) is 36.1 Å². The number of aromatic hydroxyl groups is 1. The van der Waals surface area contributed by atoms with Gasteiger partial charge in [-0.05, 0) is 76.3 Å². The lowest BCUT2D eigenvalue weighted by atomic mass is 10.1. The van der Waals surface area contributed by atoms with E-state index in [4.69, 9.17) is 4.74 Å². The minimum atomic E-state index is -0.382. The molecule has 0 aromatic heterocycles. The first-order valence-electron chi connectivity index (χ1n) is 14.6. The van der Waals surface area contributed by atoms with Crippen LogP contribution in [0.3, 0.4) is 0 Å². The molecule has 0 bridgehead atoms. The molecular weight excluding hydrogens is 486 g/mol. The predicted octanol–water partition coefficient (Wildman–Crippen LogP) is 8.19. The second-order valence-electron chi connectivity index (χ2n) is 9.31. The lowest BCUT2D eigenvalue weighted by molar-refractivity contribution is -0.131. The van der Waals surface area contributed by atoms with Crippen molar-refractivity contribution in [2.75, 3.05) is 13.2 Å². The third-order valence-electron chi connectivity index (χ3n) is 6.01. The largest absolute Gasteiger partial charge is 0.507 e. The van der Waals surface area contributed by atoms with Crippen LogP contribution in [0.4, 0.5) is 0 Å². The van der Waals surface area contributed by atoms with Crippen LogP contribution in [0.5, 0.6) is 5.75 Å². The number of hydrogen-bond acceptors (Lipinski definition) is 4. The first-order valence-corrected chi connectivity index (χ1v) is 14.6. The summed E-state index contributed by atoms with van der Waals surface area (Å²) in [6, 6.07) is 6.41. The van der Waals surface area contributed by atoms with Crippen molar-refractivity contribution in [2.45, 2.75) is 90.6 Å². The normalized spacial score (nSPS) is 13.0. The molecule has 1 rings (SSSR count). The Morgan fingerprint density at radius 3 is 2.00 bits per heavy atom. The standard InChI is InChI=1S/C34H49NO4/c1-3-5-6-7-8-9-10-11-12-13-14-15-16-17-18-19-20-23-29-39-33(4-2)32(37)27-24-28-35-34(38)30-25-21-22-26-31(30)36/h5-6,8-9,11-12,14-15,17-18,21-22,25-26,33,36H,3-4,7,10,13,16,19-20,23-24,27-29H2,1-2H3,(H,35,38)/b6-5-,9-8-,12-11-,15-14-,18-17-/t33-/m1/s1. The Labute approximate surface area is 236 Å². The van der Waals surface area contributed by atoms with Crippen LogP contribution in [0.1, 0.15) is 94.8 Å². The fraction of sp³-hybridized carbons (Fsp3) is 0.471. The summed E-state index contributed by atoms with van der Waals surface area (Å²) in [5, 5.41) is 12.5. The zero-order valence-electron chi connectivity index (χ0n) is 24.0. The molecular formula is C34H49NO4. The molecule has 0 saturated carbocycles. The van der Waals surface area contributed by atoms with Crippen molar-refractivity contribution in [3.8, 4) is 5.75 Å². The smallest absolute Gasteiger partial charge is 0.255 e. The van der Waals surface area contributed by atoms with Gasteiger partial charge in [0.1, 0.15) is 11.9 Å². The van der Waals surface area contributed by atoms with Gasteiger partial charge in [0.2, 0.25) is 0 Å². The highest BCUT2D eigenvalue weighted by Crippen LogP contribution is 2.15. The van der Waals surface area contributed by atoms with E-state index in [2.05, 4.69) is 73.0 Å². The molecule has 0 spiro atoms. The Morgan fingerprint density at radius 1 is 0.821 bits per heavy atom. The first kappa shape index (κ1) is 33.8. The summed E-state index contributed by atoms with van der Waals surface area (Å²) < 4.78 is 5.83. The Hall–Kier alpha value is -3.18. The van der Waals surface area contributed by atoms with E-state index < -0.39 is 0 Å². The van der Waals surface area contributed by atoms with E-state index in [1.165, 1.54) is 6.07 Å². The van der Waals surface area contributed by atoms with Gasteiger partial charge in [0.25, 0.3) is 5.91 Å². The van der Waals surface area contributed by atoms with Gasteiger partial charge in [0.15, 0.2) is 5.78 Å². The van der Waals surface area contributed by atoms with Crippen LogP contribution in [0.25, 0.3) is 0 Å². The highest BCUT2D eigenvalue weighted by atomic mass is 16.5. The number of phenols is 1. The number of rotatable bonds is 22. The van der Waals surface area contributed by atoms with Crippen molar-refractivity contribution in [3.05, 3.63) is 90.6 Å². The predicted molar refractivity (Wildman–Crippen MR) is 163 cm³/mol. The number of carbonyl (C=O) groups is 2. The monoisotopic (exact) mass is 535 g/mol. The van der Waals surface area contributed by atoms with Crippen molar-refractivity contribution < 1.29 is 19.4 Å². The van der Waals surface area contributed by atoms with Gasteiger partial charge in [0.05, 0.1) is 5.56 Å². The topological polar surface area (TPSA) is 75.6 Å². The first-order chi connectivity index (χ1) is 19.1. The van der Waals surface area contributed by atoms with E-state index in [9.17, 15) is 14.7 Å². The van der Waals surface area contributed by atoms with E-state index in [1.807, 2.05) is 6.92 Å². The molecule has 0 fully saturated rings. The number of ketones is 1. The molecule has 0 unspecified atom stereocenters. The van der Waals surface area contributed by atoms with Crippen molar-refractivity contribution in [1.82, 2.24) is 5.32 Å². The van der Waals surface area contributed by atoms with E-state index in [0.717, 1.165) is 51.4 Å². The molecule has 2 N–H and O–H groups in total. The number of allylic oxidation sites excluding steroid dienone is 10. The van der Waals surface area contributed by atoms with Crippen LogP contribution in [0.15, 0.2) is 85.0 Å². The number of nitrogens with one attached hydrogen (secondary N) is 1. The molecule has 0 heterocycles. The van der Waals surface area contributed by atoms with E-state index in [-0.39, 0.29) is 29.1 Å². The zero-order chi connectivity index (χ0) is 28.4. The molecule has 0 aliphatic rings. The number of hydrogen-bond donors (Lipinski definition) is 2. The van der Waals surface area contributed by atoms with Crippen molar-refractivity contribution in [3.63, 3.8) is 0 Å². The molecule has 39 heavy (non-hydrogen) atoms. The fourth-order valence-corrected chi connectivity index (χ4v) is 3.78. The molecule has 5 heteroatoms. The zero-order valence-corrected chi connectivity index (χ0v) is 24.0. The minimum absolute atomic E-state index is 0.0492. The van der Waals surface area contributed by atoms with Crippen molar-refractivity contribution in [1.29, 1.82) is 0 Å². The lowest BCUT2D eigenvalue weighted by Gasteiger charge is -2.15. The van der Waals surface area contributed by atoms with Gasteiger partial charge in [-0.1, -0.05) is 86.7 Å². The molecule has 1 amide bonds. The summed E-state index contributed by atoms with van der Waals surface area (Å²) in [6.45, 7) is 5.07. The minimum Gasteiger partial charge on any atom is -0.507 e. The maximum Gasteiger partial charge on any atom is 0.255 e. The van der Waals surface area contributed by atoms with Gasteiger partial charge in [-0.15, -0.1) is 0 Å².